The number of ketones is 1. The van der Waals surface area contributed by atoms with Gasteiger partial charge in [0, 0.05) is 5.56 Å². The predicted molar refractivity (Wildman–Crippen MR) is 113 cm³/mol. The first-order valence-electron chi connectivity index (χ1n) is 9.09. The molecule has 6 heteroatoms. The molecule has 0 radical (unpaired) electrons. The lowest BCUT2D eigenvalue weighted by Gasteiger charge is -2.30. The number of carbonyl (C=O) groups is 1. The summed E-state index contributed by atoms with van der Waals surface area (Å²) in [6, 6.07) is 9.51. The molecule has 5 nitrogen and oxygen atoms in total. The second kappa shape index (κ2) is 7.16. The third kappa shape index (κ3) is 2.72. The number of methoxy groups -OCH3 is 4. The average Bonchev–Trinajstić information content (AvgIpc) is 2.76. The normalized spacial score (nSPS) is 15.0. The van der Waals surface area contributed by atoms with Crippen molar-refractivity contribution in [2.45, 2.75) is 12.3 Å². The second-order valence-electron chi connectivity index (χ2n) is 6.84. The van der Waals surface area contributed by atoms with Gasteiger partial charge in [0.15, 0.2) is 28.8 Å². The summed E-state index contributed by atoms with van der Waals surface area (Å²) in [6.07, 6.45) is 0. The van der Waals surface area contributed by atoms with Gasteiger partial charge >= 0.3 is 0 Å². The van der Waals surface area contributed by atoms with Crippen molar-refractivity contribution < 1.29 is 23.7 Å². The van der Waals surface area contributed by atoms with Crippen molar-refractivity contribution in [3.05, 3.63) is 47.0 Å². The van der Waals surface area contributed by atoms with Gasteiger partial charge in [-0.05, 0) is 64.2 Å². The molecule has 3 aromatic rings. The highest BCUT2D eigenvalue weighted by Gasteiger charge is 2.39. The van der Waals surface area contributed by atoms with Crippen LogP contribution in [-0.4, -0.2) is 34.2 Å². The summed E-state index contributed by atoms with van der Waals surface area (Å²) in [5.41, 5.74) is 4.39. The Hall–Kier alpha value is -2.92. The number of benzene rings is 3. The molecule has 1 aliphatic rings. The number of rotatable bonds is 5. The average molecular weight is 413 g/mol. The van der Waals surface area contributed by atoms with E-state index in [0.717, 1.165) is 33.0 Å². The van der Waals surface area contributed by atoms with Gasteiger partial charge in [-0.15, -0.1) is 11.6 Å². The molecule has 0 saturated heterocycles. The molecule has 1 atom stereocenters. The fraction of sp³-hybridized carbons (Fsp3) is 0.261. The van der Waals surface area contributed by atoms with Gasteiger partial charge in [0.05, 0.1) is 28.4 Å². The first-order valence-corrected chi connectivity index (χ1v) is 9.53. The van der Waals surface area contributed by atoms with E-state index in [-0.39, 0.29) is 5.78 Å². The van der Waals surface area contributed by atoms with Gasteiger partial charge in [-0.25, -0.2) is 0 Å². The van der Waals surface area contributed by atoms with Gasteiger partial charge in [0.2, 0.25) is 0 Å². The predicted octanol–water partition coefficient (Wildman–Crippen LogP) is 5.33. The number of fused-ring (bicyclic) bond motifs is 3. The van der Waals surface area contributed by atoms with Crippen LogP contribution in [0.1, 0.15) is 26.9 Å². The third-order valence-electron chi connectivity index (χ3n) is 5.51. The van der Waals surface area contributed by atoms with E-state index in [9.17, 15) is 4.79 Å². The van der Waals surface area contributed by atoms with Crippen molar-refractivity contribution in [3.8, 4) is 34.1 Å². The molecule has 0 aromatic heterocycles. The molecule has 3 aromatic carbocycles. The van der Waals surface area contributed by atoms with Gasteiger partial charge in [-0.2, -0.15) is 0 Å². The highest BCUT2D eigenvalue weighted by atomic mass is 35.5. The molecule has 0 fully saturated rings. The Balaban J connectivity index is 2.11. The zero-order valence-electron chi connectivity index (χ0n) is 16.9. The van der Waals surface area contributed by atoms with Gasteiger partial charge in [-0.3, -0.25) is 4.79 Å². The number of ether oxygens (including phenoxy) is 4. The van der Waals surface area contributed by atoms with Crippen LogP contribution in [0.5, 0.6) is 23.0 Å². The molecule has 29 heavy (non-hydrogen) atoms. The smallest absolute Gasteiger partial charge is 0.186 e. The number of halogens is 1. The fourth-order valence-corrected chi connectivity index (χ4v) is 4.47. The van der Waals surface area contributed by atoms with E-state index in [1.54, 1.807) is 28.4 Å². The van der Waals surface area contributed by atoms with Crippen LogP contribution in [0.2, 0.25) is 0 Å². The van der Waals surface area contributed by atoms with Crippen LogP contribution >= 0.6 is 11.6 Å². The quantitative estimate of drug-likeness (QED) is 0.530. The molecule has 0 amide bonds. The monoisotopic (exact) mass is 412 g/mol. The summed E-state index contributed by atoms with van der Waals surface area (Å²) in [5.74, 6) is 2.36. The molecule has 0 bridgehead atoms. The Bertz CT molecular complexity index is 1150. The van der Waals surface area contributed by atoms with Crippen molar-refractivity contribution in [2.75, 3.05) is 28.4 Å². The summed E-state index contributed by atoms with van der Waals surface area (Å²) in [6.45, 7) is 1.99. The molecule has 0 N–H and O–H groups in total. The van der Waals surface area contributed by atoms with Crippen molar-refractivity contribution in [2.24, 2.45) is 0 Å². The minimum Gasteiger partial charge on any atom is -0.493 e. The summed E-state index contributed by atoms with van der Waals surface area (Å²) < 4.78 is 21.8. The molecule has 150 valence electrons. The van der Waals surface area contributed by atoms with Crippen LogP contribution in [0.4, 0.5) is 0 Å². The summed E-state index contributed by atoms with van der Waals surface area (Å²) >= 11 is 6.38. The maximum atomic E-state index is 12.6. The standard InChI is InChI=1S/C23H21ClO5/c1-11-19(12-6-7-15(26-2)16(8-12)27-3)13-9-17(28-4)18(29-5)10-14(13)21-20(11)22(24)23(21)25/h6-10,22H,1-5H3. The summed E-state index contributed by atoms with van der Waals surface area (Å²) in [7, 11) is 6.37. The van der Waals surface area contributed by atoms with Crippen molar-refractivity contribution in [1.82, 2.24) is 0 Å². The van der Waals surface area contributed by atoms with Crippen LogP contribution in [0.15, 0.2) is 30.3 Å². The maximum Gasteiger partial charge on any atom is 0.186 e. The zero-order chi connectivity index (χ0) is 20.9. The first kappa shape index (κ1) is 19.4. The van der Waals surface area contributed by atoms with Gasteiger partial charge in [0.1, 0.15) is 5.38 Å². The lowest BCUT2D eigenvalue weighted by molar-refractivity contribution is 0.0962. The lowest BCUT2D eigenvalue weighted by atomic mass is 9.76. The Kier molecular flexibility index (Phi) is 4.79. The van der Waals surface area contributed by atoms with Crippen LogP contribution in [-0.2, 0) is 0 Å². The number of carbonyl (C=O) groups excluding carboxylic acids is 1. The molecule has 4 rings (SSSR count). The molecule has 1 unspecified atom stereocenters. The molecule has 0 saturated carbocycles. The van der Waals surface area contributed by atoms with Crippen LogP contribution in [0.3, 0.4) is 0 Å². The van der Waals surface area contributed by atoms with Crippen LogP contribution < -0.4 is 18.9 Å². The first-order chi connectivity index (χ1) is 14.0. The van der Waals surface area contributed by atoms with Crippen molar-refractivity contribution >= 4 is 28.2 Å². The topological polar surface area (TPSA) is 54.0 Å². The molecular weight excluding hydrogens is 392 g/mol. The Morgan fingerprint density at radius 2 is 1.28 bits per heavy atom. The summed E-state index contributed by atoms with van der Waals surface area (Å²) in [4.78, 5) is 12.6. The van der Waals surface area contributed by atoms with Gasteiger partial charge < -0.3 is 18.9 Å². The highest BCUT2D eigenvalue weighted by Crippen LogP contribution is 2.51. The number of hydrogen-bond acceptors (Lipinski definition) is 5. The third-order valence-corrected chi connectivity index (χ3v) is 5.93. The fourth-order valence-electron chi connectivity index (χ4n) is 4.09. The Morgan fingerprint density at radius 3 is 1.83 bits per heavy atom. The number of alkyl halides is 1. The van der Waals surface area contributed by atoms with Gasteiger partial charge in [0.25, 0.3) is 0 Å². The van der Waals surface area contributed by atoms with E-state index in [2.05, 4.69) is 0 Å². The minimum absolute atomic E-state index is 0.0687. The number of hydrogen-bond donors (Lipinski definition) is 0. The molecule has 0 aliphatic heterocycles. The zero-order valence-corrected chi connectivity index (χ0v) is 17.6. The molecule has 1 aliphatic carbocycles. The minimum atomic E-state index is -0.638. The van der Waals surface area contributed by atoms with Crippen LogP contribution in [0.25, 0.3) is 21.9 Å². The van der Waals surface area contributed by atoms with E-state index < -0.39 is 5.38 Å². The number of Topliss-reactive ketones (excluding diaryl/α,β-unsaturated/α-hetero) is 1. The van der Waals surface area contributed by atoms with Crippen molar-refractivity contribution in [1.29, 1.82) is 0 Å². The lowest BCUT2D eigenvalue weighted by Crippen LogP contribution is -2.25. The van der Waals surface area contributed by atoms with E-state index in [4.69, 9.17) is 30.5 Å². The second-order valence-corrected chi connectivity index (χ2v) is 7.27. The van der Waals surface area contributed by atoms with E-state index >= 15 is 0 Å². The van der Waals surface area contributed by atoms with Crippen molar-refractivity contribution in [3.63, 3.8) is 0 Å². The highest BCUT2D eigenvalue weighted by molar-refractivity contribution is 6.41. The van der Waals surface area contributed by atoms with Crippen LogP contribution in [0, 0.1) is 6.92 Å². The Labute approximate surface area is 174 Å². The van der Waals surface area contributed by atoms with Gasteiger partial charge in [-0.1, -0.05) is 6.07 Å². The largest absolute Gasteiger partial charge is 0.493 e. The SMILES string of the molecule is COc1ccc(-c2c(C)c3c(c4cc(OC)c(OC)cc24)C(=O)C3Cl)cc1OC. The Morgan fingerprint density at radius 1 is 0.759 bits per heavy atom. The van der Waals surface area contributed by atoms with E-state index in [1.165, 1.54) is 0 Å². The molecular formula is C23H21ClO5. The molecule has 0 heterocycles. The molecule has 0 spiro atoms. The van der Waals surface area contributed by atoms with E-state index in [1.807, 2.05) is 37.3 Å². The summed E-state index contributed by atoms with van der Waals surface area (Å²) in [5, 5.41) is 1.05. The maximum absolute atomic E-state index is 12.6. The van der Waals surface area contributed by atoms with E-state index in [0.29, 0.717) is 28.6 Å².